The van der Waals surface area contributed by atoms with Crippen LogP contribution in [0.2, 0.25) is 0 Å². The smallest absolute Gasteiger partial charge is 0.165 e. The molecule has 0 spiro atoms. The van der Waals surface area contributed by atoms with Crippen molar-refractivity contribution in [1.29, 1.82) is 0 Å². The van der Waals surface area contributed by atoms with Crippen molar-refractivity contribution < 1.29 is 9.47 Å². The summed E-state index contributed by atoms with van der Waals surface area (Å²) < 4.78 is 13.0. The molecule has 2 N–H and O–H groups in total. The Morgan fingerprint density at radius 1 is 0.812 bits per heavy atom. The Balaban J connectivity index is 1.47. The Morgan fingerprint density at radius 2 is 1.53 bits per heavy atom. The average Bonchev–Trinajstić information content (AvgIpc) is 3.29. The lowest BCUT2D eigenvalue weighted by molar-refractivity contribution is 0.306. The SMILES string of the molecule is COc1cccc(-c2cnn3c(N)c(-c4cccc(OCc5ccccc5)c4)cnc23)c1. The average molecular weight is 422 g/mol. The maximum Gasteiger partial charge on any atom is 0.165 e. The second kappa shape index (κ2) is 8.43. The Morgan fingerprint density at radius 3 is 2.31 bits per heavy atom. The first kappa shape index (κ1) is 19.6. The molecule has 5 aromatic rings. The number of ether oxygens (including phenoxy) is 2. The van der Waals surface area contributed by atoms with Crippen molar-refractivity contribution in [3.8, 4) is 33.8 Å². The van der Waals surface area contributed by atoms with Crippen LogP contribution in [0.15, 0.2) is 91.3 Å². The number of nitrogens with zero attached hydrogens (tertiary/aromatic N) is 3. The molecule has 0 fully saturated rings. The maximum atomic E-state index is 6.51. The zero-order valence-electron chi connectivity index (χ0n) is 17.6. The molecule has 2 aromatic heterocycles. The van der Waals surface area contributed by atoms with E-state index in [1.807, 2.05) is 78.9 Å². The molecule has 0 saturated heterocycles. The van der Waals surface area contributed by atoms with Gasteiger partial charge in [-0.25, -0.2) is 4.98 Å². The fourth-order valence-corrected chi connectivity index (χ4v) is 3.66. The Hall–Kier alpha value is -4.32. The van der Waals surface area contributed by atoms with Crippen molar-refractivity contribution in [3.05, 3.63) is 96.8 Å². The first-order valence-corrected chi connectivity index (χ1v) is 10.3. The molecule has 0 aliphatic rings. The third kappa shape index (κ3) is 3.74. The van der Waals surface area contributed by atoms with Crippen LogP contribution in [0, 0.1) is 0 Å². The molecule has 0 aliphatic carbocycles. The van der Waals surface area contributed by atoms with Crippen LogP contribution < -0.4 is 15.2 Å². The van der Waals surface area contributed by atoms with E-state index in [2.05, 4.69) is 10.1 Å². The summed E-state index contributed by atoms with van der Waals surface area (Å²) in [6, 6.07) is 25.7. The number of aromatic nitrogens is 3. The predicted molar refractivity (Wildman–Crippen MR) is 126 cm³/mol. The largest absolute Gasteiger partial charge is 0.497 e. The van der Waals surface area contributed by atoms with Gasteiger partial charge in [-0.15, -0.1) is 0 Å². The highest BCUT2D eigenvalue weighted by Crippen LogP contribution is 2.32. The molecule has 0 atom stereocenters. The number of anilines is 1. The standard InChI is InChI=1S/C26H22N4O2/c1-31-21-11-5-10-20(13-21)24-16-29-30-25(27)23(15-28-26(24)30)19-9-6-12-22(14-19)32-17-18-7-3-2-4-8-18/h2-16H,17,27H2,1H3. The van der Waals surface area contributed by atoms with Crippen LogP contribution in [0.4, 0.5) is 5.82 Å². The van der Waals surface area contributed by atoms with Gasteiger partial charge >= 0.3 is 0 Å². The van der Waals surface area contributed by atoms with Crippen LogP contribution in [-0.2, 0) is 6.61 Å². The van der Waals surface area contributed by atoms with Crippen molar-refractivity contribution in [2.24, 2.45) is 0 Å². The van der Waals surface area contributed by atoms with Gasteiger partial charge in [-0.3, -0.25) is 0 Å². The highest BCUT2D eigenvalue weighted by Gasteiger charge is 2.14. The molecule has 0 amide bonds. The normalized spacial score (nSPS) is 10.9. The van der Waals surface area contributed by atoms with E-state index in [9.17, 15) is 0 Å². The fourth-order valence-electron chi connectivity index (χ4n) is 3.66. The van der Waals surface area contributed by atoms with Gasteiger partial charge in [0.15, 0.2) is 5.65 Å². The lowest BCUT2D eigenvalue weighted by Gasteiger charge is -2.11. The first-order chi connectivity index (χ1) is 15.7. The van der Waals surface area contributed by atoms with E-state index in [-0.39, 0.29) is 0 Å². The second-order valence-electron chi connectivity index (χ2n) is 7.38. The molecule has 32 heavy (non-hydrogen) atoms. The molecule has 0 unspecified atom stereocenters. The Bertz CT molecular complexity index is 1380. The fraction of sp³-hybridized carbons (Fsp3) is 0.0769. The molecule has 0 radical (unpaired) electrons. The van der Waals surface area contributed by atoms with Crippen molar-refractivity contribution in [3.63, 3.8) is 0 Å². The van der Waals surface area contributed by atoms with Crippen LogP contribution >= 0.6 is 0 Å². The van der Waals surface area contributed by atoms with E-state index in [0.29, 0.717) is 18.1 Å². The zero-order chi connectivity index (χ0) is 21.9. The summed E-state index contributed by atoms with van der Waals surface area (Å²) in [5.41, 5.74) is 11.9. The Kier molecular flexibility index (Phi) is 5.17. The van der Waals surface area contributed by atoms with Gasteiger partial charge in [-0.2, -0.15) is 9.61 Å². The van der Waals surface area contributed by atoms with Crippen molar-refractivity contribution in [2.75, 3.05) is 12.8 Å². The summed E-state index contributed by atoms with van der Waals surface area (Å²) in [6.07, 6.45) is 3.56. The number of nitrogen functional groups attached to an aromatic ring is 1. The molecule has 158 valence electrons. The number of hydrogen-bond acceptors (Lipinski definition) is 5. The van der Waals surface area contributed by atoms with Gasteiger partial charge in [0, 0.05) is 17.3 Å². The Labute approximate surface area is 185 Å². The first-order valence-electron chi connectivity index (χ1n) is 10.3. The number of fused-ring (bicyclic) bond motifs is 1. The molecule has 0 saturated carbocycles. The van der Waals surface area contributed by atoms with Gasteiger partial charge in [-0.1, -0.05) is 54.6 Å². The lowest BCUT2D eigenvalue weighted by atomic mass is 10.1. The van der Waals surface area contributed by atoms with Crippen molar-refractivity contribution in [2.45, 2.75) is 6.61 Å². The highest BCUT2D eigenvalue weighted by molar-refractivity contribution is 5.82. The van der Waals surface area contributed by atoms with Gasteiger partial charge in [0.2, 0.25) is 0 Å². The molecule has 3 aromatic carbocycles. The van der Waals surface area contributed by atoms with E-state index >= 15 is 0 Å². The second-order valence-corrected chi connectivity index (χ2v) is 7.38. The van der Waals surface area contributed by atoms with Crippen LogP contribution in [-0.4, -0.2) is 21.7 Å². The summed E-state index contributed by atoms with van der Waals surface area (Å²) in [4.78, 5) is 4.67. The molecule has 0 aliphatic heterocycles. The molecule has 6 heteroatoms. The summed E-state index contributed by atoms with van der Waals surface area (Å²) in [5, 5.41) is 4.49. The molecule has 0 bridgehead atoms. The highest BCUT2D eigenvalue weighted by atomic mass is 16.5. The van der Waals surface area contributed by atoms with Crippen molar-refractivity contribution >= 4 is 11.5 Å². The molecule has 2 heterocycles. The summed E-state index contributed by atoms with van der Waals surface area (Å²) in [6.45, 7) is 0.500. The van der Waals surface area contributed by atoms with E-state index in [1.165, 1.54) is 0 Å². The quantitative estimate of drug-likeness (QED) is 0.405. The molecular formula is C26H22N4O2. The van der Waals surface area contributed by atoms with Gasteiger partial charge in [0.1, 0.15) is 23.9 Å². The van der Waals surface area contributed by atoms with Crippen molar-refractivity contribution in [1.82, 2.24) is 14.6 Å². The number of hydrogen-bond donors (Lipinski definition) is 1. The van der Waals surface area contributed by atoms with Crippen LogP contribution in [0.1, 0.15) is 5.56 Å². The summed E-state index contributed by atoms with van der Waals surface area (Å²) in [5.74, 6) is 2.06. The third-order valence-electron chi connectivity index (χ3n) is 5.34. The minimum atomic E-state index is 0.500. The third-order valence-corrected chi connectivity index (χ3v) is 5.34. The number of rotatable bonds is 6. The lowest BCUT2D eigenvalue weighted by Crippen LogP contribution is -2.03. The van der Waals surface area contributed by atoms with Gasteiger partial charge < -0.3 is 15.2 Å². The topological polar surface area (TPSA) is 74.7 Å². The van der Waals surface area contributed by atoms with Gasteiger partial charge in [-0.05, 0) is 41.0 Å². The van der Waals surface area contributed by atoms with Crippen LogP contribution in [0.25, 0.3) is 27.9 Å². The monoisotopic (exact) mass is 422 g/mol. The van der Waals surface area contributed by atoms with Gasteiger partial charge in [0.25, 0.3) is 0 Å². The minimum absolute atomic E-state index is 0.500. The molecule has 5 rings (SSSR count). The minimum Gasteiger partial charge on any atom is -0.497 e. The predicted octanol–water partition coefficient (Wildman–Crippen LogP) is 5.23. The zero-order valence-corrected chi connectivity index (χ0v) is 17.6. The number of methoxy groups -OCH3 is 1. The van der Waals surface area contributed by atoms with Crippen LogP contribution in [0.3, 0.4) is 0 Å². The summed E-state index contributed by atoms with van der Waals surface area (Å²) in [7, 11) is 1.65. The van der Waals surface area contributed by atoms with Gasteiger partial charge in [0.05, 0.1) is 13.3 Å². The van der Waals surface area contributed by atoms with E-state index in [4.69, 9.17) is 15.2 Å². The summed E-state index contributed by atoms with van der Waals surface area (Å²) >= 11 is 0. The van der Waals surface area contributed by atoms with E-state index < -0.39 is 0 Å². The molecule has 6 nitrogen and oxygen atoms in total. The number of nitrogens with two attached hydrogens (primary N) is 1. The number of benzene rings is 3. The van der Waals surface area contributed by atoms with Crippen LogP contribution in [0.5, 0.6) is 11.5 Å². The van der Waals surface area contributed by atoms with E-state index in [0.717, 1.165) is 39.3 Å². The maximum absolute atomic E-state index is 6.51. The molecular weight excluding hydrogens is 400 g/mol. The van der Waals surface area contributed by atoms with E-state index in [1.54, 1.807) is 24.0 Å².